The van der Waals surface area contributed by atoms with Crippen LogP contribution in [0.4, 0.5) is 0 Å². The number of rotatable bonds is 13. The minimum absolute atomic E-state index is 0.0610. The normalized spacial score (nSPS) is 20.9. The van der Waals surface area contributed by atoms with Crippen molar-refractivity contribution in [2.45, 2.75) is 90.4 Å². The number of hydrogen-bond acceptors (Lipinski definition) is 5. The second kappa shape index (κ2) is 12.1. The number of nitrogens with two attached hydrogens (primary N) is 1. The van der Waals surface area contributed by atoms with Crippen molar-refractivity contribution >= 4 is 37.0 Å². The van der Waals surface area contributed by atoms with E-state index in [9.17, 15) is 14.4 Å². The summed E-state index contributed by atoms with van der Waals surface area (Å²) in [6.07, 6.45) is 2.51. The van der Waals surface area contributed by atoms with Gasteiger partial charge in [0.15, 0.2) is 13.4 Å². The minimum Gasteiger partial charge on any atom is -0.417 e. The number of primary amides is 1. The molecule has 2 amide bonds. The smallest absolute Gasteiger partial charge is 0.226 e. The van der Waals surface area contributed by atoms with Gasteiger partial charge in [0, 0.05) is 12.4 Å². The highest BCUT2D eigenvalue weighted by atomic mass is 32.2. The minimum atomic E-state index is -1.97. The lowest BCUT2D eigenvalue weighted by atomic mass is 9.59. The number of β-lactam (4-membered cyclic amide) rings is 1. The van der Waals surface area contributed by atoms with Crippen LogP contribution >= 0.6 is 11.8 Å². The molecule has 2 rings (SSSR count). The zero-order valence-corrected chi connectivity index (χ0v) is 24.3. The first-order chi connectivity index (χ1) is 16.3. The summed E-state index contributed by atoms with van der Waals surface area (Å²) < 4.78 is 6.36. The predicted octanol–water partition coefficient (Wildman–Crippen LogP) is 5.24. The van der Waals surface area contributed by atoms with Gasteiger partial charge in [-0.25, -0.2) is 0 Å². The third-order valence-electron chi connectivity index (χ3n) is 7.70. The molecule has 4 atom stereocenters. The monoisotopic (exact) mass is 520 g/mol. The fraction of sp³-hybridized carbons (Fsp3) is 0.667. The van der Waals surface area contributed by atoms with Crippen molar-refractivity contribution in [3.8, 4) is 0 Å². The summed E-state index contributed by atoms with van der Waals surface area (Å²) in [6, 6.07) is 8.84. The molecule has 0 aliphatic carbocycles. The predicted molar refractivity (Wildman–Crippen MR) is 147 cm³/mol. The number of nitrogens with one attached hydrogen (secondary N) is 1. The van der Waals surface area contributed by atoms with E-state index < -0.39 is 37.5 Å². The summed E-state index contributed by atoms with van der Waals surface area (Å²) >= 11 is 1.25. The summed E-state index contributed by atoms with van der Waals surface area (Å²) in [5, 5.41) is 3.04. The van der Waals surface area contributed by atoms with E-state index in [0.29, 0.717) is 31.6 Å². The molecule has 3 N–H and O–H groups in total. The van der Waals surface area contributed by atoms with Crippen molar-refractivity contribution < 1.29 is 18.8 Å². The highest BCUT2D eigenvalue weighted by Crippen LogP contribution is 2.51. The molecule has 196 valence electrons. The quantitative estimate of drug-likeness (QED) is 0.274. The molecule has 8 heteroatoms. The fourth-order valence-electron chi connectivity index (χ4n) is 4.79. The van der Waals surface area contributed by atoms with Crippen molar-refractivity contribution in [3.63, 3.8) is 0 Å². The summed E-state index contributed by atoms with van der Waals surface area (Å²) in [7, 11) is -1.97. The lowest BCUT2D eigenvalue weighted by Gasteiger charge is -2.52. The molecule has 1 aromatic rings. The first kappa shape index (κ1) is 29.6. The topological polar surface area (TPSA) is 98.5 Å². The van der Waals surface area contributed by atoms with Gasteiger partial charge in [-0.1, -0.05) is 83.1 Å². The van der Waals surface area contributed by atoms with Crippen LogP contribution in [0, 0.1) is 11.3 Å². The Hall–Kier alpha value is -1.64. The zero-order chi connectivity index (χ0) is 26.4. The van der Waals surface area contributed by atoms with E-state index in [0.717, 1.165) is 12.0 Å². The van der Waals surface area contributed by atoms with E-state index in [2.05, 4.69) is 39.2 Å². The number of hydrogen-bond donors (Lipinski definition) is 2. The molecule has 1 aliphatic rings. The summed E-state index contributed by atoms with van der Waals surface area (Å²) in [6.45, 7) is 15.4. The Balaban J connectivity index is 2.47. The van der Waals surface area contributed by atoms with E-state index >= 15 is 0 Å². The third kappa shape index (κ3) is 6.38. The van der Waals surface area contributed by atoms with Gasteiger partial charge in [-0.05, 0) is 43.0 Å². The Kier molecular flexibility index (Phi) is 10.2. The molecule has 1 aromatic carbocycles. The molecule has 1 heterocycles. The van der Waals surface area contributed by atoms with Crippen molar-refractivity contribution in [1.82, 2.24) is 5.32 Å². The Morgan fingerprint density at radius 1 is 1.14 bits per heavy atom. The highest BCUT2D eigenvalue weighted by molar-refractivity contribution is 8.13. The number of benzene rings is 1. The van der Waals surface area contributed by atoms with Crippen molar-refractivity contribution in [1.29, 1.82) is 0 Å². The van der Waals surface area contributed by atoms with Gasteiger partial charge in [-0.3, -0.25) is 14.4 Å². The molecule has 0 bridgehead atoms. The Bertz CT molecular complexity index is 887. The highest BCUT2D eigenvalue weighted by Gasteiger charge is 2.61. The average Bonchev–Trinajstić information content (AvgIpc) is 2.78. The maximum atomic E-state index is 14.0. The maximum absolute atomic E-state index is 14.0. The van der Waals surface area contributed by atoms with Gasteiger partial charge >= 0.3 is 0 Å². The molecule has 0 saturated carbocycles. The first-order valence-corrected chi connectivity index (χ1v) is 16.7. The maximum Gasteiger partial charge on any atom is 0.226 e. The fourth-order valence-corrected chi connectivity index (χ4v) is 6.86. The van der Waals surface area contributed by atoms with E-state index in [-0.39, 0.29) is 16.1 Å². The van der Waals surface area contributed by atoms with Gasteiger partial charge in [0.25, 0.3) is 0 Å². The molecule has 0 radical (unpaired) electrons. The molecule has 1 aliphatic heterocycles. The van der Waals surface area contributed by atoms with Gasteiger partial charge in [0.1, 0.15) is 0 Å². The first-order valence-electron chi connectivity index (χ1n) is 12.8. The Labute approximate surface area is 216 Å². The van der Waals surface area contributed by atoms with Crippen molar-refractivity contribution in [2.24, 2.45) is 17.1 Å². The van der Waals surface area contributed by atoms with Crippen LogP contribution in [0.5, 0.6) is 0 Å². The Morgan fingerprint density at radius 3 is 2.26 bits per heavy atom. The lowest BCUT2D eigenvalue weighted by molar-refractivity contribution is -0.149. The number of carbonyl (C=O) groups excluding carboxylic acids is 3. The van der Waals surface area contributed by atoms with Gasteiger partial charge in [0.2, 0.25) is 11.8 Å². The molecular formula is C27H44N2O4SSi. The third-order valence-corrected chi connectivity index (χ3v) is 13.5. The van der Waals surface area contributed by atoms with E-state index in [1.165, 1.54) is 11.8 Å². The van der Waals surface area contributed by atoms with Crippen LogP contribution < -0.4 is 11.1 Å². The van der Waals surface area contributed by atoms with Crippen LogP contribution in [0.15, 0.2) is 30.3 Å². The molecular weight excluding hydrogens is 476 g/mol. The zero-order valence-electron chi connectivity index (χ0n) is 22.5. The summed E-state index contributed by atoms with van der Waals surface area (Å²) in [4.78, 5) is 39.8. The van der Waals surface area contributed by atoms with Crippen LogP contribution in [0.3, 0.4) is 0 Å². The van der Waals surface area contributed by atoms with Gasteiger partial charge < -0.3 is 15.5 Å². The van der Waals surface area contributed by atoms with Crippen molar-refractivity contribution in [3.05, 3.63) is 35.9 Å². The molecule has 1 saturated heterocycles. The van der Waals surface area contributed by atoms with Crippen molar-refractivity contribution in [2.75, 3.05) is 12.4 Å². The van der Waals surface area contributed by atoms with E-state index in [1.807, 2.05) is 44.2 Å². The molecule has 1 unspecified atom stereocenters. The Morgan fingerprint density at radius 2 is 1.77 bits per heavy atom. The van der Waals surface area contributed by atoms with Gasteiger partial charge in [-0.2, -0.15) is 0 Å². The molecule has 35 heavy (non-hydrogen) atoms. The molecule has 1 fully saturated rings. The van der Waals surface area contributed by atoms with Crippen LogP contribution in [0.1, 0.15) is 71.8 Å². The second-order valence-corrected chi connectivity index (χ2v) is 17.0. The van der Waals surface area contributed by atoms with Crippen LogP contribution in [0.25, 0.3) is 0 Å². The van der Waals surface area contributed by atoms with Crippen LogP contribution in [0.2, 0.25) is 18.1 Å². The second-order valence-electron chi connectivity index (χ2n) is 11.2. The van der Waals surface area contributed by atoms with Gasteiger partial charge in [0.05, 0.1) is 23.3 Å². The SMILES string of the molecule is CCCSC(=O)[C@](CCC)(C(C(N)=O)c1ccccc1)[C@H]1NC(=O)[C@H]1CCO[Si](C)(C)C(C)(C)C. The lowest BCUT2D eigenvalue weighted by Crippen LogP contribution is -2.69. The number of carbonyl (C=O) groups is 3. The molecule has 0 spiro atoms. The molecule has 6 nitrogen and oxygen atoms in total. The van der Waals surface area contributed by atoms with Gasteiger partial charge in [-0.15, -0.1) is 0 Å². The summed E-state index contributed by atoms with van der Waals surface area (Å²) in [5.41, 5.74) is 5.63. The number of thioether (sulfide) groups is 1. The standard InChI is InChI=1S/C27H44N2O4SSi/c1-8-16-27(25(32)34-18-9-2,21(23(28)30)19-13-11-10-12-14-19)22-20(24(31)29-22)15-17-33-35(6,7)26(3,4)5/h10-14,20-22H,8-9,15-18H2,1-7H3,(H2,28,30)(H,29,31)/t20-,21?,22-,27+/m0/s1. The van der Waals surface area contributed by atoms with E-state index in [1.54, 1.807) is 0 Å². The van der Waals surface area contributed by atoms with Crippen LogP contribution in [-0.2, 0) is 18.8 Å². The summed E-state index contributed by atoms with van der Waals surface area (Å²) in [5.74, 6) is -1.19. The average molecular weight is 521 g/mol. The van der Waals surface area contributed by atoms with Crippen LogP contribution in [-0.4, -0.2) is 43.6 Å². The van der Waals surface area contributed by atoms with E-state index in [4.69, 9.17) is 10.2 Å². The largest absolute Gasteiger partial charge is 0.417 e. The number of amides is 2. The molecule has 0 aromatic heterocycles.